The summed E-state index contributed by atoms with van der Waals surface area (Å²) >= 11 is 0. The second kappa shape index (κ2) is 12.1. The van der Waals surface area contributed by atoms with Gasteiger partial charge < -0.3 is 19.6 Å². The third kappa shape index (κ3) is 5.98. The van der Waals surface area contributed by atoms with Crippen LogP contribution in [-0.2, 0) is 6.18 Å². The van der Waals surface area contributed by atoms with Crippen LogP contribution in [0.4, 0.5) is 32.2 Å². The molecule has 1 aliphatic carbocycles. The molecule has 0 amide bonds. The smallest absolute Gasteiger partial charge is 0.416 e. The lowest BCUT2D eigenvalue weighted by Crippen LogP contribution is -2.50. The second-order valence-electron chi connectivity index (χ2n) is 14.0. The van der Waals surface area contributed by atoms with E-state index in [1.54, 1.807) is 11.8 Å². The minimum absolute atomic E-state index is 0.0323. The van der Waals surface area contributed by atoms with Crippen LogP contribution < -0.4 is 15.2 Å². The Morgan fingerprint density at radius 2 is 1.82 bits per heavy atom. The first-order chi connectivity index (χ1) is 23.2. The summed E-state index contributed by atoms with van der Waals surface area (Å²) in [5.74, 6) is -0.858. The molecule has 49 heavy (non-hydrogen) atoms. The van der Waals surface area contributed by atoms with Gasteiger partial charge in [-0.25, -0.2) is 4.39 Å². The molecular weight excluding hydrogens is 654 g/mol. The lowest BCUT2D eigenvalue weighted by atomic mass is 9.76. The van der Waals surface area contributed by atoms with Crippen LogP contribution in [0.3, 0.4) is 0 Å². The van der Waals surface area contributed by atoms with E-state index >= 15 is 4.39 Å². The monoisotopic (exact) mass is 690 g/mol. The molecule has 0 radical (unpaired) electrons. The van der Waals surface area contributed by atoms with Crippen molar-refractivity contribution < 1.29 is 36.2 Å². The van der Waals surface area contributed by atoms with Gasteiger partial charge in [-0.2, -0.15) is 31.9 Å². The van der Waals surface area contributed by atoms with E-state index in [4.69, 9.17) is 4.74 Å². The molecule has 7 rings (SSSR count). The molecule has 5 heterocycles. The van der Waals surface area contributed by atoms with E-state index in [0.29, 0.717) is 43.8 Å². The van der Waals surface area contributed by atoms with Gasteiger partial charge in [-0.15, -0.1) is 0 Å². The first kappa shape index (κ1) is 33.5. The topological polar surface area (TPSA) is 96.6 Å². The molecule has 3 atom stereocenters. The number of aliphatic hydroxyl groups is 1. The number of anilines is 1. The lowest BCUT2D eigenvalue weighted by molar-refractivity contribution is -0.137. The molecule has 3 aliphatic rings. The van der Waals surface area contributed by atoms with E-state index in [0.717, 1.165) is 44.7 Å². The van der Waals surface area contributed by atoms with Crippen LogP contribution in [0.15, 0.2) is 35.4 Å². The maximum atomic E-state index is 16.8. The normalized spacial score (nSPS) is 25.0. The van der Waals surface area contributed by atoms with E-state index < -0.39 is 57.3 Å². The summed E-state index contributed by atoms with van der Waals surface area (Å²) in [6, 6.07) is 2.23. The highest BCUT2D eigenvalue weighted by Gasteiger charge is 2.47. The summed E-state index contributed by atoms with van der Waals surface area (Å²) in [6.45, 7) is 0.244. The van der Waals surface area contributed by atoms with Crippen LogP contribution in [0.1, 0.15) is 64.0 Å². The van der Waals surface area contributed by atoms with Gasteiger partial charge in [-0.1, -0.05) is 6.42 Å². The largest absolute Gasteiger partial charge is 0.463 e. The van der Waals surface area contributed by atoms with Crippen molar-refractivity contribution in [2.24, 2.45) is 5.41 Å². The number of ether oxygens (including phenoxy) is 1. The minimum atomic E-state index is -4.83. The number of pyridine rings is 2. The number of β-amino-alcohol motifs (C(OH)–C–C–N with tert-alkyl or cyclic N) is 1. The Bertz CT molecular complexity index is 1980. The SMILES string of the molecule is CN1CCC[C@@]2(COc3nc(N4CCC[C@@](C)(O)C4)c4cnc(-c5cn(C(F)F)c(=O)c6ccc(C(F)(F)F)cc56)c(F)c4n3)CCC[C@@H]12. The van der Waals surface area contributed by atoms with Gasteiger partial charge in [0, 0.05) is 47.9 Å². The summed E-state index contributed by atoms with van der Waals surface area (Å²) < 4.78 is 92.3. The Morgan fingerprint density at radius 1 is 1.06 bits per heavy atom. The van der Waals surface area contributed by atoms with Crippen molar-refractivity contribution in [1.29, 1.82) is 0 Å². The average molecular weight is 691 g/mol. The molecule has 0 bridgehead atoms. The number of benzene rings is 1. The quantitative estimate of drug-likeness (QED) is 0.228. The number of nitrogens with zero attached hydrogens (tertiary/aromatic N) is 6. The summed E-state index contributed by atoms with van der Waals surface area (Å²) in [6.07, 6.45) is 3.15. The first-order valence-electron chi connectivity index (χ1n) is 16.4. The summed E-state index contributed by atoms with van der Waals surface area (Å²) in [7, 11) is 2.10. The minimum Gasteiger partial charge on any atom is -0.463 e. The predicted molar refractivity (Wildman–Crippen MR) is 170 cm³/mol. The number of hydrogen-bond acceptors (Lipinski definition) is 8. The number of fused-ring (bicyclic) bond motifs is 3. The predicted octanol–water partition coefficient (Wildman–Crippen LogP) is 6.55. The van der Waals surface area contributed by atoms with Crippen LogP contribution in [0, 0.1) is 11.2 Å². The highest BCUT2D eigenvalue weighted by atomic mass is 19.4. The van der Waals surface area contributed by atoms with Crippen LogP contribution in [0.2, 0.25) is 0 Å². The van der Waals surface area contributed by atoms with E-state index in [9.17, 15) is 31.9 Å². The molecule has 0 unspecified atom stereocenters. The number of hydrogen-bond donors (Lipinski definition) is 1. The molecule has 15 heteroatoms. The van der Waals surface area contributed by atoms with Crippen LogP contribution in [-0.4, -0.2) is 74.5 Å². The van der Waals surface area contributed by atoms with Crippen molar-refractivity contribution in [1.82, 2.24) is 24.4 Å². The van der Waals surface area contributed by atoms with Gasteiger partial charge in [0.25, 0.3) is 5.56 Å². The number of halogens is 6. The van der Waals surface area contributed by atoms with Crippen LogP contribution in [0.25, 0.3) is 32.9 Å². The Balaban J connectivity index is 1.40. The molecule has 1 aromatic carbocycles. The van der Waals surface area contributed by atoms with E-state index in [2.05, 4.69) is 26.9 Å². The van der Waals surface area contributed by atoms with Gasteiger partial charge in [0.15, 0.2) is 5.82 Å². The third-order valence-corrected chi connectivity index (χ3v) is 10.5. The first-order valence-corrected chi connectivity index (χ1v) is 16.4. The van der Waals surface area contributed by atoms with Gasteiger partial charge in [0.1, 0.15) is 17.0 Å². The fourth-order valence-electron chi connectivity index (χ4n) is 8.17. The Kier molecular flexibility index (Phi) is 8.28. The maximum absolute atomic E-state index is 16.8. The van der Waals surface area contributed by atoms with Gasteiger partial charge in [0.2, 0.25) is 0 Å². The highest BCUT2D eigenvalue weighted by Crippen LogP contribution is 2.47. The van der Waals surface area contributed by atoms with Gasteiger partial charge in [0.05, 0.1) is 23.2 Å². The number of aromatic nitrogens is 4. The van der Waals surface area contributed by atoms with Crippen molar-refractivity contribution in [2.45, 2.75) is 76.2 Å². The standard InChI is InChI=1S/C34H36F6N6O3/c1-32(48)9-4-13-45(17-32)28-22-15-41-26(23-16-46(30(36)37)29(47)20-8-7-19(14-21(20)23)34(38,39)40)25(35)27(22)42-31(43-28)49-18-33-10-3-6-24(33)44(2)12-5-11-33/h7-8,14-16,24,30,48H,3-6,9-13,17-18H2,1-2H3/t24-,32-,33-/m1/s1. The lowest BCUT2D eigenvalue weighted by Gasteiger charge is -2.44. The fourth-order valence-corrected chi connectivity index (χ4v) is 8.17. The molecule has 3 aromatic heterocycles. The average Bonchev–Trinajstić information content (AvgIpc) is 3.49. The molecular formula is C34H36F6N6O3. The molecule has 4 aromatic rings. The van der Waals surface area contributed by atoms with E-state index in [-0.39, 0.29) is 45.9 Å². The van der Waals surface area contributed by atoms with Gasteiger partial charge in [-0.05, 0) is 82.6 Å². The highest BCUT2D eigenvalue weighted by molar-refractivity contribution is 5.98. The van der Waals surface area contributed by atoms with Crippen LogP contribution >= 0.6 is 0 Å². The summed E-state index contributed by atoms with van der Waals surface area (Å²) in [5, 5.41) is 10.2. The van der Waals surface area contributed by atoms with Crippen molar-refractivity contribution in [2.75, 3.05) is 38.2 Å². The van der Waals surface area contributed by atoms with E-state index in [1.165, 1.54) is 6.20 Å². The zero-order valence-corrected chi connectivity index (χ0v) is 27.0. The Morgan fingerprint density at radius 3 is 2.55 bits per heavy atom. The Labute approximate surface area is 277 Å². The van der Waals surface area contributed by atoms with Crippen molar-refractivity contribution in [3.8, 4) is 17.3 Å². The van der Waals surface area contributed by atoms with Gasteiger partial charge >= 0.3 is 18.7 Å². The summed E-state index contributed by atoms with van der Waals surface area (Å²) in [5.41, 5.74) is -4.89. The molecule has 0 spiro atoms. The number of piperidine rings is 2. The van der Waals surface area contributed by atoms with Crippen molar-refractivity contribution in [3.63, 3.8) is 0 Å². The van der Waals surface area contributed by atoms with Gasteiger partial charge in [-0.3, -0.25) is 14.3 Å². The van der Waals surface area contributed by atoms with Crippen LogP contribution in [0.5, 0.6) is 6.01 Å². The number of rotatable bonds is 6. The van der Waals surface area contributed by atoms with Crippen molar-refractivity contribution >= 4 is 27.5 Å². The molecule has 2 saturated heterocycles. The zero-order valence-electron chi connectivity index (χ0n) is 27.0. The summed E-state index contributed by atoms with van der Waals surface area (Å²) in [4.78, 5) is 30.3. The number of likely N-dealkylation sites (tertiary alicyclic amines) is 1. The molecule has 262 valence electrons. The molecule has 2 aliphatic heterocycles. The zero-order chi connectivity index (χ0) is 34.9. The second-order valence-corrected chi connectivity index (χ2v) is 14.0. The molecule has 3 fully saturated rings. The number of alkyl halides is 5. The van der Waals surface area contributed by atoms with E-state index in [1.807, 2.05) is 0 Å². The van der Waals surface area contributed by atoms with Crippen molar-refractivity contribution in [3.05, 3.63) is 52.3 Å². The molecule has 1 saturated carbocycles. The third-order valence-electron chi connectivity index (χ3n) is 10.5. The Hall–Kier alpha value is -3.98. The molecule has 1 N–H and O–H groups in total. The molecule has 9 nitrogen and oxygen atoms in total. The maximum Gasteiger partial charge on any atom is 0.416 e. The fraction of sp³-hybridized carbons (Fsp3) is 0.529.